The van der Waals surface area contributed by atoms with Crippen molar-refractivity contribution in [2.24, 2.45) is 0 Å². The summed E-state index contributed by atoms with van der Waals surface area (Å²) >= 11 is 0. The maximum atomic E-state index is 15.2. The zero-order chi connectivity index (χ0) is 31.8. The molecule has 225 valence electrons. The minimum absolute atomic E-state index is 0.312. The lowest BCUT2D eigenvalue weighted by Crippen LogP contribution is -2.45. The molecule has 0 aliphatic carbocycles. The molecule has 0 unspecified atom stereocenters. The molecule has 0 N–H and O–H groups in total. The van der Waals surface area contributed by atoms with Gasteiger partial charge in [0.2, 0.25) is 18.2 Å². The van der Waals surface area contributed by atoms with Gasteiger partial charge in [-0.1, -0.05) is 84.0 Å². The van der Waals surface area contributed by atoms with Crippen molar-refractivity contribution in [2.45, 2.75) is 92.9 Å². The van der Waals surface area contributed by atoms with Crippen LogP contribution in [0.25, 0.3) is 0 Å². The van der Waals surface area contributed by atoms with Crippen molar-refractivity contribution in [1.82, 2.24) is 0 Å². The highest BCUT2D eigenvalue weighted by atomic mass is 31.2. The molecule has 42 heavy (non-hydrogen) atoms. The van der Waals surface area contributed by atoms with E-state index in [9.17, 15) is 9.59 Å². The van der Waals surface area contributed by atoms with E-state index in [4.69, 9.17) is 4.12 Å². The highest BCUT2D eigenvalue weighted by molar-refractivity contribution is 8.01. The van der Waals surface area contributed by atoms with Crippen molar-refractivity contribution in [3.05, 3.63) is 93.0 Å². The van der Waals surface area contributed by atoms with Gasteiger partial charge in [-0.05, 0) is 96.0 Å². The number of carbonyl (C=O) groups excluding carboxylic acids is 2. The van der Waals surface area contributed by atoms with Crippen molar-refractivity contribution >= 4 is 54.1 Å². The average molecular weight is 636 g/mol. The Balaban J connectivity index is 2.14. The fourth-order valence-corrected chi connectivity index (χ4v) is 19.8. The van der Waals surface area contributed by atoms with Crippen molar-refractivity contribution in [1.29, 1.82) is 0 Å². The van der Waals surface area contributed by atoms with E-state index in [0.717, 1.165) is 45.5 Å². The lowest BCUT2D eigenvalue weighted by atomic mass is 10.0. The van der Waals surface area contributed by atoms with Gasteiger partial charge in [0.15, 0.2) is 17.4 Å². The Hall–Kier alpha value is -2.16. The maximum Gasteiger partial charge on any atom is 0.248 e. The zero-order valence-electron chi connectivity index (χ0n) is 27.6. The SMILES string of the molecule is Cc1cc(C)c(C(=O)P(=O)(C(=O)c2c(C)cc(C)cc2C)c2ccc([Si](C)(C)CC[Si](C)(C)O[Si](C)C)cc2)c(C)c1. The Morgan fingerprint density at radius 1 is 0.690 bits per heavy atom. The van der Waals surface area contributed by atoms with Gasteiger partial charge >= 0.3 is 0 Å². The number of aryl methyl sites for hydroxylation is 6. The molecule has 0 fully saturated rings. The molecule has 0 bridgehead atoms. The first-order chi connectivity index (χ1) is 19.3. The lowest BCUT2D eigenvalue weighted by molar-refractivity contribution is 0.104. The molecule has 0 saturated heterocycles. The highest BCUT2D eigenvalue weighted by Crippen LogP contribution is 2.52. The van der Waals surface area contributed by atoms with Crippen LogP contribution in [-0.4, -0.2) is 36.5 Å². The maximum absolute atomic E-state index is 15.2. The molecule has 0 atom stereocenters. The van der Waals surface area contributed by atoms with Crippen LogP contribution in [0.3, 0.4) is 0 Å². The molecule has 3 aromatic carbocycles. The Bertz CT molecular complexity index is 1440. The molecular formula is C34H48O4PSi3. The van der Waals surface area contributed by atoms with Gasteiger partial charge in [-0.2, -0.15) is 0 Å². The Morgan fingerprint density at radius 3 is 1.43 bits per heavy atom. The molecule has 0 spiro atoms. The third-order valence-electron chi connectivity index (χ3n) is 8.20. The number of rotatable bonds is 11. The molecule has 0 heterocycles. The summed E-state index contributed by atoms with van der Waals surface area (Å²) in [4.78, 5) is 28.8. The molecule has 8 heteroatoms. The standard InChI is InChI=1S/C34H48O4PSi3/c1-23-19-25(3)31(26(4)20-23)33(35)39(37,34(36)32-27(5)21-24(2)22-28(32)6)29-13-15-30(16-14-29)41(9,10)17-18-42(11,12)38-40(7)8/h13-16,19-22H,17-18H2,1-12H3. The van der Waals surface area contributed by atoms with Gasteiger partial charge in [-0.3, -0.25) is 9.59 Å². The number of hydrogen-bond donors (Lipinski definition) is 0. The van der Waals surface area contributed by atoms with Gasteiger partial charge in [0.25, 0.3) is 0 Å². The summed E-state index contributed by atoms with van der Waals surface area (Å²) in [5.74, 6) is 0. The number of benzene rings is 3. The quantitative estimate of drug-likeness (QED) is 0.156. The third-order valence-corrected chi connectivity index (χ3v) is 20.0. The summed E-state index contributed by atoms with van der Waals surface area (Å²) in [7, 11) is -8.56. The Kier molecular flexibility index (Phi) is 10.5. The summed E-state index contributed by atoms with van der Waals surface area (Å²) in [6.45, 7) is 25.1. The van der Waals surface area contributed by atoms with Gasteiger partial charge in [-0.15, -0.1) is 0 Å². The summed E-state index contributed by atoms with van der Waals surface area (Å²) < 4.78 is 21.6. The molecule has 3 aromatic rings. The molecule has 1 radical (unpaired) electrons. The lowest BCUT2D eigenvalue weighted by Gasteiger charge is -2.30. The van der Waals surface area contributed by atoms with Gasteiger partial charge in [0.1, 0.15) is 0 Å². The van der Waals surface area contributed by atoms with Crippen LogP contribution in [0.4, 0.5) is 0 Å². The monoisotopic (exact) mass is 635 g/mol. The summed E-state index contributed by atoms with van der Waals surface area (Å²) in [6.07, 6.45) is 0. The first-order valence-corrected chi connectivity index (χ1v) is 25.2. The van der Waals surface area contributed by atoms with E-state index in [1.165, 1.54) is 5.19 Å². The van der Waals surface area contributed by atoms with Crippen LogP contribution < -0.4 is 10.5 Å². The van der Waals surface area contributed by atoms with Crippen LogP contribution in [0.2, 0.25) is 51.4 Å². The molecule has 0 aliphatic rings. The van der Waals surface area contributed by atoms with Crippen LogP contribution in [-0.2, 0) is 8.68 Å². The minimum Gasteiger partial charge on any atom is -0.456 e. The third kappa shape index (κ3) is 7.31. The highest BCUT2D eigenvalue weighted by Gasteiger charge is 2.45. The second-order valence-electron chi connectivity index (χ2n) is 13.5. The van der Waals surface area contributed by atoms with Crippen LogP contribution >= 0.6 is 7.14 Å². The van der Waals surface area contributed by atoms with Crippen LogP contribution in [0.1, 0.15) is 54.1 Å². The zero-order valence-corrected chi connectivity index (χ0v) is 31.5. The van der Waals surface area contributed by atoms with Gasteiger partial charge in [0.05, 0.1) is 8.07 Å². The molecular weight excluding hydrogens is 588 g/mol. The van der Waals surface area contributed by atoms with E-state index >= 15 is 4.57 Å². The summed E-state index contributed by atoms with van der Waals surface area (Å²) in [6, 6.07) is 17.5. The first kappa shape index (κ1) is 34.3. The summed E-state index contributed by atoms with van der Waals surface area (Å²) in [5.41, 5.74) is 4.64. The van der Waals surface area contributed by atoms with E-state index in [1.54, 1.807) is 12.1 Å². The second kappa shape index (κ2) is 12.8. The Labute approximate surface area is 257 Å². The smallest absolute Gasteiger partial charge is 0.248 e. The predicted molar refractivity (Wildman–Crippen MR) is 186 cm³/mol. The van der Waals surface area contributed by atoms with Crippen LogP contribution in [0.15, 0.2) is 48.5 Å². The predicted octanol–water partition coefficient (Wildman–Crippen LogP) is 8.59. The molecule has 0 saturated carbocycles. The topological polar surface area (TPSA) is 60.4 Å². The van der Waals surface area contributed by atoms with Gasteiger partial charge < -0.3 is 8.68 Å². The van der Waals surface area contributed by atoms with Crippen molar-refractivity contribution in [3.8, 4) is 0 Å². The largest absolute Gasteiger partial charge is 0.456 e. The van der Waals surface area contributed by atoms with Crippen LogP contribution in [0, 0.1) is 41.5 Å². The second-order valence-corrected chi connectivity index (χ2v) is 27.5. The van der Waals surface area contributed by atoms with Gasteiger partial charge in [0, 0.05) is 16.4 Å². The fraction of sp³-hybridized carbons (Fsp3) is 0.412. The number of carbonyl (C=O) groups is 2. The fourth-order valence-electron chi connectivity index (χ4n) is 6.16. The normalized spacial score (nSPS) is 12.6. The molecule has 3 rings (SSSR count). The Morgan fingerprint density at radius 2 is 1.07 bits per heavy atom. The molecule has 0 aliphatic heterocycles. The first-order valence-electron chi connectivity index (χ1n) is 14.8. The van der Waals surface area contributed by atoms with Gasteiger partial charge in [-0.25, -0.2) is 0 Å². The summed E-state index contributed by atoms with van der Waals surface area (Å²) in [5, 5.41) is 1.54. The van der Waals surface area contributed by atoms with E-state index in [0.29, 0.717) is 16.4 Å². The van der Waals surface area contributed by atoms with Crippen molar-refractivity contribution in [2.75, 3.05) is 0 Å². The average Bonchev–Trinajstić information content (AvgIpc) is 2.85. The van der Waals surface area contributed by atoms with E-state index in [-0.39, 0.29) is 0 Å². The number of hydrogen-bond acceptors (Lipinski definition) is 4. The molecule has 0 amide bonds. The van der Waals surface area contributed by atoms with Crippen LogP contribution in [0.5, 0.6) is 0 Å². The van der Waals surface area contributed by atoms with E-state index in [2.05, 4.69) is 39.3 Å². The molecule has 4 nitrogen and oxygen atoms in total. The van der Waals surface area contributed by atoms with Crippen molar-refractivity contribution < 1.29 is 18.3 Å². The molecule has 0 aromatic heterocycles. The minimum atomic E-state index is -4.24. The van der Waals surface area contributed by atoms with E-state index < -0.39 is 43.6 Å². The van der Waals surface area contributed by atoms with E-state index in [1.807, 2.05) is 77.9 Å². The van der Waals surface area contributed by atoms with Crippen molar-refractivity contribution in [3.63, 3.8) is 0 Å².